The lowest BCUT2D eigenvalue weighted by Crippen LogP contribution is -2.51. The molecule has 2 unspecified atom stereocenters. The lowest BCUT2D eigenvalue weighted by molar-refractivity contribution is -0.140. The van der Waals surface area contributed by atoms with Gasteiger partial charge in [-0.05, 0) is 25.0 Å². The zero-order valence-corrected chi connectivity index (χ0v) is 11.2. The Morgan fingerprint density at radius 3 is 2.42 bits per heavy atom. The largest absolute Gasteiger partial charge is 0.480 e. The summed E-state index contributed by atoms with van der Waals surface area (Å²) < 4.78 is 0. The van der Waals surface area contributed by atoms with Crippen LogP contribution in [0.25, 0.3) is 0 Å². The van der Waals surface area contributed by atoms with Gasteiger partial charge >= 0.3 is 5.97 Å². The Labute approximate surface area is 117 Å². The predicted molar refractivity (Wildman–Crippen MR) is 73.6 cm³/mol. The minimum absolute atomic E-state index is 0. The van der Waals surface area contributed by atoms with Crippen LogP contribution in [0.5, 0.6) is 0 Å². The van der Waals surface area contributed by atoms with Gasteiger partial charge in [0.2, 0.25) is 0 Å². The van der Waals surface area contributed by atoms with Crippen LogP contribution in [0, 0.1) is 0 Å². The SMILES string of the molecule is Cl.O=C(NC1CCC(C(=O)O)NC1)c1ccccc1. The number of carboxylic acid groups (broad SMARTS) is 1. The first-order valence-electron chi connectivity index (χ1n) is 5.99. The number of nitrogens with one attached hydrogen (secondary N) is 2. The maximum absolute atomic E-state index is 11.9. The molecule has 0 bridgehead atoms. The zero-order chi connectivity index (χ0) is 13.0. The van der Waals surface area contributed by atoms with Crippen molar-refractivity contribution in [3.63, 3.8) is 0 Å². The van der Waals surface area contributed by atoms with Gasteiger partial charge in [0, 0.05) is 18.2 Å². The highest BCUT2D eigenvalue weighted by Gasteiger charge is 2.26. The fraction of sp³-hybridized carbons (Fsp3) is 0.385. The number of aliphatic carboxylic acids is 1. The van der Waals surface area contributed by atoms with Gasteiger partial charge in [0.05, 0.1) is 0 Å². The molecule has 0 aromatic heterocycles. The van der Waals surface area contributed by atoms with E-state index in [9.17, 15) is 9.59 Å². The number of carboxylic acids is 1. The van der Waals surface area contributed by atoms with Crippen molar-refractivity contribution in [3.8, 4) is 0 Å². The van der Waals surface area contributed by atoms with Crippen LogP contribution in [0.15, 0.2) is 30.3 Å². The molecule has 3 N–H and O–H groups in total. The third kappa shape index (κ3) is 4.22. The summed E-state index contributed by atoms with van der Waals surface area (Å²) in [6, 6.07) is 8.50. The Kier molecular flexibility index (Phi) is 5.79. The molecule has 1 aliphatic rings. The Hall–Kier alpha value is -1.59. The van der Waals surface area contributed by atoms with Gasteiger partial charge in [0.15, 0.2) is 0 Å². The van der Waals surface area contributed by atoms with Crippen molar-refractivity contribution in [2.24, 2.45) is 0 Å². The highest BCUT2D eigenvalue weighted by molar-refractivity contribution is 5.94. The number of benzene rings is 1. The summed E-state index contributed by atoms with van der Waals surface area (Å²) in [4.78, 5) is 22.6. The maximum atomic E-state index is 11.9. The van der Waals surface area contributed by atoms with Gasteiger partial charge in [0.1, 0.15) is 6.04 Å². The highest BCUT2D eigenvalue weighted by atomic mass is 35.5. The Balaban J connectivity index is 0.00000180. The van der Waals surface area contributed by atoms with E-state index in [1.54, 1.807) is 12.1 Å². The first-order chi connectivity index (χ1) is 8.66. The fourth-order valence-electron chi connectivity index (χ4n) is 2.05. The molecule has 0 radical (unpaired) electrons. The number of carbonyl (C=O) groups excluding carboxylic acids is 1. The van der Waals surface area contributed by atoms with Crippen molar-refractivity contribution in [1.82, 2.24) is 10.6 Å². The number of hydrogen-bond acceptors (Lipinski definition) is 3. The number of hydrogen-bond donors (Lipinski definition) is 3. The van der Waals surface area contributed by atoms with Crippen molar-refractivity contribution in [3.05, 3.63) is 35.9 Å². The van der Waals surface area contributed by atoms with Crippen LogP contribution in [0.1, 0.15) is 23.2 Å². The second kappa shape index (κ2) is 7.11. The van der Waals surface area contributed by atoms with Crippen molar-refractivity contribution in [1.29, 1.82) is 0 Å². The summed E-state index contributed by atoms with van der Waals surface area (Å²) in [5.41, 5.74) is 0.623. The minimum Gasteiger partial charge on any atom is -0.480 e. The maximum Gasteiger partial charge on any atom is 0.320 e. The van der Waals surface area contributed by atoms with Gasteiger partial charge in [-0.2, -0.15) is 0 Å². The molecule has 0 spiro atoms. The van der Waals surface area contributed by atoms with Crippen molar-refractivity contribution < 1.29 is 14.7 Å². The molecule has 2 rings (SSSR count). The zero-order valence-electron chi connectivity index (χ0n) is 10.3. The smallest absolute Gasteiger partial charge is 0.320 e. The molecule has 0 saturated carbocycles. The van der Waals surface area contributed by atoms with Gasteiger partial charge in [-0.25, -0.2) is 0 Å². The summed E-state index contributed by atoms with van der Waals surface area (Å²) >= 11 is 0. The van der Waals surface area contributed by atoms with E-state index in [0.29, 0.717) is 24.9 Å². The Morgan fingerprint density at radius 1 is 1.21 bits per heavy atom. The fourth-order valence-corrected chi connectivity index (χ4v) is 2.05. The van der Waals surface area contributed by atoms with E-state index in [0.717, 1.165) is 0 Å². The number of halogens is 1. The first kappa shape index (κ1) is 15.5. The molecule has 6 heteroatoms. The van der Waals surface area contributed by atoms with Gasteiger partial charge < -0.3 is 15.7 Å². The van der Waals surface area contributed by atoms with Crippen LogP contribution in [0.2, 0.25) is 0 Å². The molecule has 1 aliphatic heterocycles. The second-order valence-electron chi connectivity index (χ2n) is 4.41. The van der Waals surface area contributed by atoms with Gasteiger partial charge in [-0.3, -0.25) is 9.59 Å². The first-order valence-corrected chi connectivity index (χ1v) is 5.99. The third-order valence-corrected chi connectivity index (χ3v) is 3.08. The van der Waals surface area contributed by atoms with E-state index < -0.39 is 12.0 Å². The number of rotatable bonds is 3. The van der Waals surface area contributed by atoms with Gasteiger partial charge in [-0.1, -0.05) is 18.2 Å². The molecule has 19 heavy (non-hydrogen) atoms. The van der Waals surface area contributed by atoms with E-state index in [4.69, 9.17) is 5.11 Å². The normalized spacial score (nSPS) is 22.1. The average Bonchev–Trinajstić information content (AvgIpc) is 2.40. The van der Waals surface area contributed by atoms with Crippen molar-refractivity contribution >= 4 is 24.3 Å². The summed E-state index contributed by atoms with van der Waals surface area (Å²) in [5, 5.41) is 14.6. The summed E-state index contributed by atoms with van der Waals surface area (Å²) in [6.07, 6.45) is 1.22. The molecule has 1 heterocycles. The van der Waals surface area contributed by atoms with Crippen LogP contribution in [-0.4, -0.2) is 35.6 Å². The average molecular weight is 285 g/mol. The highest BCUT2D eigenvalue weighted by Crippen LogP contribution is 2.09. The summed E-state index contributed by atoms with van der Waals surface area (Å²) in [7, 11) is 0. The molecular weight excluding hydrogens is 268 g/mol. The monoisotopic (exact) mass is 284 g/mol. The molecule has 1 amide bonds. The molecule has 1 aromatic rings. The van der Waals surface area contributed by atoms with E-state index in [-0.39, 0.29) is 24.4 Å². The Morgan fingerprint density at radius 2 is 1.89 bits per heavy atom. The summed E-state index contributed by atoms with van der Waals surface area (Å²) in [5.74, 6) is -0.945. The van der Waals surface area contributed by atoms with Crippen LogP contribution in [0.4, 0.5) is 0 Å². The molecule has 1 fully saturated rings. The number of amides is 1. The molecule has 0 aliphatic carbocycles. The molecule has 5 nitrogen and oxygen atoms in total. The Bertz CT molecular complexity index is 431. The lowest BCUT2D eigenvalue weighted by atomic mass is 10.0. The van der Waals surface area contributed by atoms with E-state index in [1.165, 1.54) is 0 Å². The van der Waals surface area contributed by atoms with E-state index in [1.807, 2.05) is 18.2 Å². The molecule has 1 aromatic carbocycles. The van der Waals surface area contributed by atoms with Gasteiger partial charge in [-0.15, -0.1) is 12.4 Å². The number of carbonyl (C=O) groups is 2. The lowest BCUT2D eigenvalue weighted by Gasteiger charge is -2.28. The predicted octanol–water partition coefficient (Wildman–Crippen LogP) is 1.04. The van der Waals surface area contributed by atoms with Gasteiger partial charge in [0.25, 0.3) is 5.91 Å². The standard InChI is InChI=1S/C13H16N2O3.ClH/c16-12(9-4-2-1-3-5-9)15-10-6-7-11(13(17)18)14-8-10;/h1-5,10-11,14H,6-8H2,(H,15,16)(H,17,18);1H. The van der Waals surface area contributed by atoms with Crippen molar-refractivity contribution in [2.75, 3.05) is 6.54 Å². The molecular formula is C13H17ClN2O3. The summed E-state index contributed by atoms with van der Waals surface area (Å²) in [6.45, 7) is 0.496. The van der Waals surface area contributed by atoms with Crippen LogP contribution >= 0.6 is 12.4 Å². The quantitative estimate of drug-likeness (QED) is 0.775. The van der Waals surface area contributed by atoms with E-state index >= 15 is 0 Å². The molecule has 1 saturated heterocycles. The van der Waals surface area contributed by atoms with E-state index in [2.05, 4.69) is 10.6 Å². The van der Waals surface area contributed by atoms with Crippen LogP contribution in [0.3, 0.4) is 0 Å². The topological polar surface area (TPSA) is 78.4 Å². The van der Waals surface area contributed by atoms with Crippen LogP contribution < -0.4 is 10.6 Å². The molecule has 2 atom stereocenters. The second-order valence-corrected chi connectivity index (χ2v) is 4.41. The van der Waals surface area contributed by atoms with Crippen LogP contribution in [-0.2, 0) is 4.79 Å². The number of piperidine rings is 1. The third-order valence-electron chi connectivity index (χ3n) is 3.08. The minimum atomic E-state index is -0.831. The molecule has 104 valence electrons. The van der Waals surface area contributed by atoms with Crippen molar-refractivity contribution in [2.45, 2.75) is 24.9 Å².